The molecule has 3 aromatic rings. The first-order valence-corrected chi connectivity index (χ1v) is 8.19. The normalized spacial score (nSPS) is 13.6. The fourth-order valence-corrected chi connectivity index (χ4v) is 2.73. The van der Waals surface area contributed by atoms with E-state index in [2.05, 4.69) is 24.8 Å². The predicted molar refractivity (Wildman–Crippen MR) is 92.7 cm³/mol. The molecule has 1 amide bonds. The molecular formula is C19H8F4N4O3. The van der Waals surface area contributed by atoms with Crippen LogP contribution >= 0.6 is 0 Å². The minimum Gasteiger partial charge on any atom is -0.395 e. The number of hydrogen-bond donors (Lipinski definition) is 1. The molecular weight excluding hydrogens is 408 g/mol. The largest absolute Gasteiger partial charge is 0.586 e. The second-order valence-electron chi connectivity index (χ2n) is 5.96. The Morgan fingerprint density at radius 2 is 1.73 bits per heavy atom. The molecule has 1 aromatic heterocycles. The van der Waals surface area contributed by atoms with Gasteiger partial charge in [0.15, 0.2) is 17.3 Å². The predicted octanol–water partition coefficient (Wildman–Crippen LogP) is 3.87. The zero-order chi connectivity index (χ0) is 21.5. The van der Waals surface area contributed by atoms with Crippen LogP contribution in [0.1, 0.15) is 15.9 Å². The van der Waals surface area contributed by atoms with Crippen LogP contribution in [0.5, 0.6) is 11.5 Å². The lowest BCUT2D eigenvalue weighted by Crippen LogP contribution is -2.25. The summed E-state index contributed by atoms with van der Waals surface area (Å²) in [7, 11) is 0. The number of aromatic nitrogens is 2. The molecule has 0 saturated heterocycles. The number of nitriles is 1. The van der Waals surface area contributed by atoms with Crippen LogP contribution in [0.4, 0.5) is 23.4 Å². The molecule has 2 aromatic carbocycles. The Bertz CT molecular complexity index is 1190. The molecule has 2 heterocycles. The highest BCUT2D eigenvalue weighted by molar-refractivity contribution is 6.04. The van der Waals surface area contributed by atoms with Gasteiger partial charge in [0, 0.05) is 11.6 Å². The number of fused-ring (bicyclic) bond motifs is 1. The van der Waals surface area contributed by atoms with Crippen molar-refractivity contribution < 1.29 is 31.8 Å². The lowest BCUT2D eigenvalue weighted by molar-refractivity contribution is -0.286. The average Bonchev–Trinajstić information content (AvgIpc) is 3.00. The van der Waals surface area contributed by atoms with E-state index in [1.807, 2.05) is 6.07 Å². The van der Waals surface area contributed by atoms with Crippen molar-refractivity contribution in [1.29, 1.82) is 5.26 Å². The second kappa shape index (κ2) is 7.00. The van der Waals surface area contributed by atoms with Crippen LogP contribution in [0.3, 0.4) is 0 Å². The Morgan fingerprint density at radius 1 is 1.07 bits per heavy atom. The number of halogens is 4. The Balaban J connectivity index is 1.61. The number of nitrogens with zero attached hydrogens (tertiary/aromatic N) is 3. The van der Waals surface area contributed by atoms with Gasteiger partial charge in [-0.1, -0.05) is 6.07 Å². The van der Waals surface area contributed by atoms with Crippen molar-refractivity contribution >= 4 is 11.7 Å². The summed E-state index contributed by atoms with van der Waals surface area (Å²) in [5.41, 5.74) is -0.590. The molecule has 1 aliphatic rings. The van der Waals surface area contributed by atoms with Gasteiger partial charge in [-0.15, -0.1) is 8.78 Å². The maximum absolute atomic E-state index is 13.7. The number of alkyl halides is 2. The van der Waals surface area contributed by atoms with Crippen LogP contribution in [0.25, 0.3) is 11.3 Å². The Morgan fingerprint density at radius 3 is 2.33 bits per heavy atom. The molecule has 4 rings (SSSR count). The molecule has 30 heavy (non-hydrogen) atoms. The fourth-order valence-electron chi connectivity index (χ4n) is 2.73. The third kappa shape index (κ3) is 3.46. The highest BCUT2D eigenvalue weighted by atomic mass is 19.3. The zero-order valence-electron chi connectivity index (χ0n) is 14.6. The van der Waals surface area contributed by atoms with Gasteiger partial charge in [-0.05, 0) is 18.2 Å². The number of anilines is 1. The lowest BCUT2D eigenvalue weighted by Gasteiger charge is -2.08. The summed E-state index contributed by atoms with van der Waals surface area (Å²) in [4.78, 5) is 20.0. The molecule has 0 unspecified atom stereocenters. The van der Waals surface area contributed by atoms with Crippen LogP contribution in [-0.2, 0) is 0 Å². The first-order valence-electron chi connectivity index (χ1n) is 8.19. The number of benzene rings is 2. The van der Waals surface area contributed by atoms with Gasteiger partial charge in [-0.2, -0.15) is 5.26 Å². The Hall–Kier alpha value is -4.20. The van der Waals surface area contributed by atoms with Crippen LogP contribution in [0.2, 0.25) is 0 Å². The van der Waals surface area contributed by atoms with E-state index in [4.69, 9.17) is 0 Å². The first kappa shape index (κ1) is 19.1. The molecule has 11 heteroatoms. The number of amides is 1. The van der Waals surface area contributed by atoms with E-state index < -0.39 is 29.4 Å². The standard InChI is InChI=1S/C19H8F4N4O3/c20-11-2-1-3-12(21)17(11)18(28)27-16-8-25-13(7-26-16)10-5-15-14(4-9(10)6-24)29-19(22,23)30-15/h1-5,7-8H,(H,26,27,28). The molecule has 0 radical (unpaired) electrons. The summed E-state index contributed by atoms with van der Waals surface area (Å²) in [5, 5.41) is 11.5. The summed E-state index contributed by atoms with van der Waals surface area (Å²) >= 11 is 0. The smallest absolute Gasteiger partial charge is 0.395 e. The third-order valence-electron chi connectivity index (χ3n) is 4.02. The average molecular weight is 416 g/mol. The minimum absolute atomic E-state index is 0.0328. The summed E-state index contributed by atoms with van der Waals surface area (Å²) in [6.45, 7) is 0. The maximum Gasteiger partial charge on any atom is 0.586 e. The summed E-state index contributed by atoms with van der Waals surface area (Å²) in [6, 6.07) is 7.02. The summed E-state index contributed by atoms with van der Waals surface area (Å²) in [6.07, 6.45) is -1.63. The molecule has 7 nitrogen and oxygen atoms in total. The number of hydrogen-bond acceptors (Lipinski definition) is 6. The summed E-state index contributed by atoms with van der Waals surface area (Å²) in [5.74, 6) is -3.89. The highest BCUT2D eigenvalue weighted by Gasteiger charge is 2.44. The second-order valence-corrected chi connectivity index (χ2v) is 5.96. The first-order chi connectivity index (χ1) is 14.3. The van der Waals surface area contributed by atoms with Gasteiger partial charge in [-0.25, -0.2) is 13.8 Å². The van der Waals surface area contributed by atoms with E-state index in [1.165, 1.54) is 0 Å². The number of carbonyl (C=O) groups excluding carboxylic acids is 1. The van der Waals surface area contributed by atoms with E-state index in [0.717, 1.165) is 42.7 Å². The molecule has 150 valence electrons. The summed E-state index contributed by atoms with van der Waals surface area (Å²) < 4.78 is 62.5. The maximum atomic E-state index is 13.7. The van der Waals surface area contributed by atoms with Crippen molar-refractivity contribution in [2.75, 3.05) is 5.32 Å². The number of rotatable bonds is 3. The van der Waals surface area contributed by atoms with E-state index in [0.29, 0.717) is 0 Å². The SMILES string of the molecule is N#Cc1cc2c(cc1-c1cnc(NC(=O)c3c(F)cccc3F)cn1)OC(F)(F)O2. The van der Waals surface area contributed by atoms with Crippen molar-refractivity contribution in [3.63, 3.8) is 0 Å². The van der Waals surface area contributed by atoms with Crippen molar-refractivity contribution in [3.05, 3.63) is 65.5 Å². The van der Waals surface area contributed by atoms with Gasteiger partial charge in [0.25, 0.3) is 5.91 Å². The number of nitrogens with one attached hydrogen (secondary N) is 1. The third-order valence-corrected chi connectivity index (χ3v) is 4.02. The van der Waals surface area contributed by atoms with Crippen LogP contribution in [-0.4, -0.2) is 22.2 Å². The molecule has 0 fully saturated rings. The monoisotopic (exact) mass is 416 g/mol. The van der Waals surface area contributed by atoms with Gasteiger partial charge >= 0.3 is 6.29 Å². The Labute approximate surface area is 165 Å². The number of ether oxygens (including phenoxy) is 2. The van der Waals surface area contributed by atoms with Crippen LogP contribution in [0, 0.1) is 23.0 Å². The van der Waals surface area contributed by atoms with Gasteiger partial charge in [-0.3, -0.25) is 9.78 Å². The van der Waals surface area contributed by atoms with E-state index >= 15 is 0 Å². The molecule has 0 saturated carbocycles. The van der Waals surface area contributed by atoms with Gasteiger partial charge < -0.3 is 14.8 Å². The van der Waals surface area contributed by atoms with E-state index in [-0.39, 0.29) is 34.1 Å². The fraction of sp³-hybridized carbons (Fsp3) is 0.0526. The highest BCUT2D eigenvalue weighted by Crippen LogP contribution is 2.44. The lowest BCUT2D eigenvalue weighted by atomic mass is 10.0. The van der Waals surface area contributed by atoms with Gasteiger partial charge in [0.05, 0.1) is 29.7 Å². The molecule has 0 bridgehead atoms. The Kier molecular flexibility index (Phi) is 4.46. The molecule has 0 aliphatic carbocycles. The van der Waals surface area contributed by atoms with Crippen LogP contribution < -0.4 is 14.8 Å². The van der Waals surface area contributed by atoms with Gasteiger partial charge in [0.2, 0.25) is 0 Å². The topological polar surface area (TPSA) is 97.1 Å². The van der Waals surface area contributed by atoms with Crippen molar-refractivity contribution in [2.24, 2.45) is 0 Å². The van der Waals surface area contributed by atoms with Crippen molar-refractivity contribution in [1.82, 2.24) is 9.97 Å². The molecule has 0 spiro atoms. The zero-order valence-corrected chi connectivity index (χ0v) is 14.6. The van der Waals surface area contributed by atoms with Crippen molar-refractivity contribution in [2.45, 2.75) is 6.29 Å². The van der Waals surface area contributed by atoms with Gasteiger partial charge in [0.1, 0.15) is 17.2 Å². The molecule has 1 aliphatic heterocycles. The quantitative estimate of drug-likeness (QED) is 0.651. The molecule has 1 N–H and O–H groups in total. The molecule has 0 atom stereocenters. The van der Waals surface area contributed by atoms with E-state index in [9.17, 15) is 27.6 Å². The van der Waals surface area contributed by atoms with E-state index in [1.54, 1.807) is 0 Å². The number of carbonyl (C=O) groups is 1. The minimum atomic E-state index is -3.85. The van der Waals surface area contributed by atoms with Crippen LogP contribution in [0.15, 0.2) is 42.7 Å². The van der Waals surface area contributed by atoms with Crippen molar-refractivity contribution in [3.8, 4) is 28.8 Å².